The van der Waals surface area contributed by atoms with Gasteiger partial charge in [-0.1, -0.05) is 100 Å². The molecule has 0 nitrogen and oxygen atoms in total. The van der Waals surface area contributed by atoms with Crippen LogP contribution in [-0.4, -0.2) is 0 Å². The molecule has 1 atom stereocenters. The zero-order chi connectivity index (χ0) is 18.1. The number of rotatable bonds is 3. The maximum Gasteiger partial charge on any atom is 0.0436 e. The average Bonchev–Trinajstić information content (AvgIpc) is 2.48. The van der Waals surface area contributed by atoms with E-state index in [4.69, 9.17) is 0 Å². The third-order valence-electron chi connectivity index (χ3n) is 3.45. The first kappa shape index (κ1) is 28.2. The zero-order valence-electron chi connectivity index (χ0n) is 16.9. The lowest BCUT2D eigenvalue weighted by Crippen LogP contribution is -2.35. The number of hydrogen-bond donors (Lipinski definition) is 0. The molecular formula is C21H42. The Morgan fingerprint density at radius 2 is 1.24 bits per heavy atom. The molecule has 0 aromatic rings. The van der Waals surface area contributed by atoms with Crippen LogP contribution in [0, 0.1) is 28.6 Å². The summed E-state index contributed by atoms with van der Waals surface area (Å²) in [5, 5.41) is 0. The molecule has 0 rings (SSSR count). The van der Waals surface area contributed by atoms with Gasteiger partial charge in [0.15, 0.2) is 0 Å². The minimum atomic E-state index is 0.128. The van der Waals surface area contributed by atoms with Crippen molar-refractivity contribution in [3.8, 4) is 11.8 Å². The molecule has 0 aromatic carbocycles. The van der Waals surface area contributed by atoms with E-state index >= 15 is 0 Å². The highest BCUT2D eigenvalue weighted by atomic mass is 14.4. The fourth-order valence-electron chi connectivity index (χ4n) is 1.24. The van der Waals surface area contributed by atoms with Crippen molar-refractivity contribution in [2.45, 2.75) is 82.6 Å². The molecule has 0 aliphatic rings. The van der Waals surface area contributed by atoms with E-state index in [1.165, 1.54) is 0 Å². The topological polar surface area (TPSA) is 0 Å². The molecule has 0 heterocycles. The fourth-order valence-corrected chi connectivity index (χ4v) is 1.24. The minimum Gasteiger partial charge on any atom is -0.102 e. The Morgan fingerprint density at radius 3 is 1.48 bits per heavy atom. The summed E-state index contributed by atoms with van der Waals surface area (Å²) in [6.07, 6.45) is 4.54. The number of hydrogen-bond acceptors (Lipinski definition) is 0. The second-order valence-corrected chi connectivity index (χ2v) is 5.50. The highest BCUT2D eigenvalue weighted by Gasteiger charge is 2.37. The van der Waals surface area contributed by atoms with Gasteiger partial charge in [-0.2, -0.15) is 0 Å². The van der Waals surface area contributed by atoms with E-state index in [1.807, 2.05) is 53.7 Å². The lowest BCUT2D eigenvalue weighted by atomic mass is 9.62. The van der Waals surface area contributed by atoms with Gasteiger partial charge in [0.05, 0.1) is 0 Å². The summed E-state index contributed by atoms with van der Waals surface area (Å²) in [6, 6.07) is 0. The van der Waals surface area contributed by atoms with Crippen LogP contribution in [0.2, 0.25) is 0 Å². The summed E-state index contributed by atoms with van der Waals surface area (Å²) >= 11 is 0. The van der Waals surface area contributed by atoms with Gasteiger partial charge < -0.3 is 0 Å². The molecule has 0 radical (unpaired) electrons. The second-order valence-electron chi connectivity index (χ2n) is 5.50. The SMILES string of the molecule is C=CCC#CC(C=C)C(C)(C)C(C)(C)C.CC.CC.CC. The normalized spacial score (nSPS) is 10.6. The summed E-state index contributed by atoms with van der Waals surface area (Å²) in [7, 11) is 0. The molecule has 0 bridgehead atoms. The monoisotopic (exact) mass is 294 g/mol. The van der Waals surface area contributed by atoms with Crippen LogP contribution in [0.4, 0.5) is 0 Å². The van der Waals surface area contributed by atoms with Crippen LogP contribution in [0.15, 0.2) is 25.3 Å². The average molecular weight is 295 g/mol. The van der Waals surface area contributed by atoms with Gasteiger partial charge in [-0.3, -0.25) is 0 Å². The zero-order valence-corrected chi connectivity index (χ0v) is 16.9. The summed E-state index contributed by atoms with van der Waals surface area (Å²) < 4.78 is 0. The Bertz CT molecular complexity index is 275. The van der Waals surface area contributed by atoms with E-state index in [-0.39, 0.29) is 16.7 Å². The highest BCUT2D eigenvalue weighted by Crippen LogP contribution is 2.44. The third-order valence-corrected chi connectivity index (χ3v) is 3.45. The molecule has 126 valence electrons. The molecule has 0 saturated carbocycles. The molecule has 0 aliphatic heterocycles. The van der Waals surface area contributed by atoms with Crippen molar-refractivity contribution in [1.82, 2.24) is 0 Å². The Labute approximate surface area is 137 Å². The molecule has 0 aromatic heterocycles. The molecule has 0 spiro atoms. The van der Waals surface area contributed by atoms with E-state index < -0.39 is 0 Å². The van der Waals surface area contributed by atoms with Gasteiger partial charge in [0, 0.05) is 12.3 Å². The third kappa shape index (κ3) is 12.5. The molecule has 0 saturated heterocycles. The molecule has 1 unspecified atom stereocenters. The van der Waals surface area contributed by atoms with E-state index in [2.05, 4.69) is 59.6 Å². The largest absolute Gasteiger partial charge is 0.102 e. The Balaban J connectivity index is -0.000000212. The van der Waals surface area contributed by atoms with E-state index in [1.54, 1.807) is 0 Å². The van der Waals surface area contributed by atoms with Crippen LogP contribution < -0.4 is 0 Å². The first-order valence-electron chi connectivity index (χ1n) is 8.49. The van der Waals surface area contributed by atoms with Crippen molar-refractivity contribution >= 4 is 0 Å². The van der Waals surface area contributed by atoms with Gasteiger partial charge in [0.2, 0.25) is 0 Å². The Kier molecular flexibility index (Phi) is 23.0. The molecule has 0 aliphatic carbocycles. The van der Waals surface area contributed by atoms with Crippen LogP contribution in [-0.2, 0) is 0 Å². The molecule has 0 fully saturated rings. The van der Waals surface area contributed by atoms with Gasteiger partial charge in [0.25, 0.3) is 0 Å². The fraction of sp³-hybridized carbons (Fsp3) is 0.714. The Morgan fingerprint density at radius 1 is 0.857 bits per heavy atom. The van der Waals surface area contributed by atoms with Gasteiger partial charge in [0.1, 0.15) is 0 Å². The van der Waals surface area contributed by atoms with Crippen LogP contribution >= 0.6 is 0 Å². The van der Waals surface area contributed by atoms with Crippen LogP contribution in [0.3, 0.4) is 0 Å². The molecule has 0 amide bonds. The molecule has 0 N–H and O–H groups in total. The second kappa shape index (κ2) is 17.1. The van der Waals surface area contributed by atoms with Crippen molar-refractivity contribution in [2.75, 3.05) is 0 Å². The predicted molar refractivity (Wildman–Crippen MR) is 104 cm³/mol. The van der Waals surface area contributed by atoms with Gasteiger partial charge >= 0.3 is 0 Å². The highest BCUT2D eigenvalue weighted by molar-refractivity contribution is 5.16. The van der Waals surface area contributed by atoms with Gasteiger partial charge in [-0.15, -0.1) is 13.2 Å². The maximum absolute atomic E-state index is 3.89. The molecule has 21 heavy (non-hydrogen) atoms. The van der Waals surface area contributed by atoms with E-state index in [0.717, 1.165) is 6.42 Å². The lowest BCUT2D eigenvalue weighted by molar-refractivity contribution is 0.104. The molecular weight excluding hydrogens is 252 g/mol. The summed E-state index contributed by atoms with van der Waals surface area (Å²) in [4.78, 5) is 0. The molecule has 0 heteroatoms. The van der Waals surface area contributed by atoms with Crippen LogP contribution in [0.25, 0.3) is 0 Å². The maximum atomic E-state index is 3.89. The van der Waals surface area contributed by atoms with Gasteiger partial charge in [-0.25, -0.2) is 0 Å². The van der Waals surface area contributed by atoms with Crippen molar-refractivity contribution < 1.29 is 0 Å². The number of allylic oxidation sites excluding steroid dienone is 2. The summed E-state index contributed by atoms with van der Waals surface area (Å²) in [5.41, 5.74) is 0.345. The van der Waals surface area contributed by atoms with E-state index in [9.17, 15) is 0 Å². The first-order valence-corrected chi connectivity index (χ1v) is 8.49. The smallest absolute Gasteiger partial charge is 0.0436 e. The Hall–Kier alpha value is -0.960. The minimum absolute atomic E-state index is 0.128. The van der Waals surface area contributed by atoms with Crippen LogP contribution in [0.5, 0.6) is 0 Å². The quantitative estimate of drug-likeness (QED) is 0.373. The van der Waals surface area contributed by atoms with Crippen molar-refractivity contribution in [2.24, 2.45) is 16.7 Å². The first-order chi connectivity index (χ1) is 9.77. The van der Waals surface area contributed by atoms with Gasteiger partial charge in [-0.05, 0) is 10.8 Å². The van der Waals surface area contributed by atoms with Crippen molar-refractivity contribution in [1.29, 1.82) is 0 Å². The predicted octanol–water partition coefficient (Wildman–Crippen LogP) is 7.52. The van der Waals surface area contributed by atoms with Crippen LogP contribution in [0.1, 0.15) is 82.6 Å². The van der Waals surface area contributed by atoms with E-state index in [0.29, 0.717) is 0 Å². The summed E-state index contributed by atoms with van der Waals surface area (Å²) in [6.45, 7) is 30.8. The summed E-state index contributed by atoms with van der Waals surface area (Å²) in [5.74, 6) is 6.64. The van der Waals surface area contributed by atoms with Crippen molar-refractivity contribution in [3.63, 3.8) is 0 Å². The standard InChI is InChI=1S/C15H24.3C2H6/c1-8-10-11-12-13(9-2)15(6,7)14(3,4)5;3*1-2/h8-9,13H,1-2,10H2,3-7H3;3*1-2H3. The lowest BCUT2D eigenvalue weighted by Gasteiger charge is -2.42. The van der Waals surface area contributed by atoms with Crippen molar-refractivity contribution in [3.05, 3.63) is 25.3 Å².